The quantitative estimate of drug-likeness (QED) is 0.466. The minimum atomic E-state index is -0.662. The zero-order valence-electron chi connectivity index (χ0n) is 9.74. The molecule has 0 unspecified atom stereocenters. The number of carbonyl (C=O) groups is 1. The van der Waals surface area contributed by atoms with E-state index in [-0.39, 0.29) is 17.0 Å². The highest BCUT2D eigenvalue weighted by Crippen LogP contribution is 2.23. The number of rotatable bonds is 3. The Bertz CT molecular complexity index is 562. The van der Waals surface area contributed by atoms with Crippen LogP contribution in [-0.2, 0) is 4.89 Å². The van der Waals surface area contributed by atoms with Gasteiger partial charge in [-0.2, -0.15) is 5.26 Å². The van der Waals surface area contributed by atoms with Crippen molar-refractivity contribution in [1.82, 2.24) is 4.90 Å². The summed E-state index contributed by atoms with van der Waals surface area (Å²) in [5.41, 5.74) is -0.266. The van der Waals surface area contributed by atoms with Gasteiger partial charge in [0.1, 0.15) is 0 Å². The Morgan fingerprint density at radius 2 is 2.16 bits per heavy atom. The molecule has 1 aliphatic rings. The first kappa shape index (κ1) is 12.6. The summed E-state index contributed by atoms with van der Waals surface area (Å²) in [5, 5.41) is 19.4. The largest absolute Gasteiger partial charge is 0.452 e. The Labute approximate surface area is 107 Å². The van der Waals surface area contributed by atoms with Gasteiger partial charge < -0.3 is 4.90 Å². The lowest BCUT2D eigenvalue weighted by Gasteiger charge is -2.28. The van der Waals surface area contributed by atoms with E-state index in [0.29, 0.717) is 13.1 Å². The normalized spacial score (nSPS) is 13.1. The number of likely N-dealkylation sites (tertiary alicyclic amines) is 1. The maximum atomic E-state index is 11.4. The molecular formula is C11H9N3O5. The fourth-order valence-electron chi connectivity index (χ4n) is 1.44. The first-order valence-corrected chi connectivity index (χ1v) is 5.43. The Hall–Kier alpha value is -2.82. The van der Waals surface area contributed by atoms with Gasteiger partial charge in [-0.05, 0) is 6.42 Å². The average molecular weight is 263 g/mol. The number of hydrogen-bond donors (Lipinski definition) is 0. The van der Waals surface area contributed by atoms with Crippen molar-refractivity contribution in [3.63, 3.8) is 0 Å². The van der Waals surface area contributed by atoms with Crippen LogP contribution in [0.2, 0.25) is 0 Å². The molecular weight excluding hydrogens is 254 g/mol. The summed E-state index contributed by atoms with van der Waals surface area (Å²) in [5.74, 6) is -0.0698. The maximum Gasteiger partial charge on any atom is 0.452 e. The van der Waals surface area contributed by atoms with Gasteiger partial charge in [0.25, 0.3) is 5.69 Å². The highest BCUT2D eigenvalue weighted by molar-refractivity contribution is 5.67. The molecule has 1 aromatic carbocycles. The van der Waals surface area contributed by atoms with Crippen LogP contribution in [0, 0.1) is 21.4 Å². The summed E-state index contributed by atoms with van der Waals surface area (Å²) in [7, 11) is 0. The Morgan fingerprint density at radius 1 is 1.42 bits per heavy atom. The van der Waals surface area contributed by atoms with E-state index in [2.05, 4.69) is 4.89 Å². The minimum Gasteiger partial charge on any atom is -0.305 e. The Kier molecular flexibility index (Phi) is 3.47. The van der Waals surface area contributed by atoms with Gasteiger partial charge in [-0.25, -0.2) is 9.68 Å². The number of non-ortho nitro benzene ring substituents is 1. The van der Waals surface area contributed by atoms with Gasteiger partial charge in [-0.15, -0.1) is 0 Å². The predicted octanol–water partition coefficient (Wildman–Crippen LogP) is 1.60. The molecule has 1 aromatic rings. The average Bonchev–Trinajstić information content (AvgIpc) is 2.33. The van der Waals surface area contributed by atoms with E-state index < -0.39 is 11.0 Å². The molecule has 0 spiro atoms. The zero-order valence-corrected chi connectivity index (χ0v) is 9.74. The smallest absolute Gasteiger partial charge is 0.305 e. The molecule has 0 saturated carbocycles. The Morgan fingerprint density at radius 3 is 2.68 bits per heavy atom. The molecule has 1 aliphatic heterocycles. The molecule has 8 nitrogen and oxygen atoms in total. The number of nitro groups is 1. The van der Waals surface area contributed by atoms with Gasteiger partial charge in [0, 0.05) is 25.2 Å². The van der Waals surface area contributed by atoms with Crippen molar-refractivity contribution >= 4 is 11.8 Å². The van der Waals surface area contributed by atoms with Crippen LogP contribution in [-0.4, -0.2) is 29.0 Å². The number of nitro benzene ring substituents is 1. The van der Waals surface area contributed by atoms with E-state index in [1.54, 1.807) is 6.07 Å². The van der Waals surface area contributed by atoms with Crippen LogP contribution in [0.1, 0.15) is 12.0 Å². The fraction of sp³-hybridized carbons (Fsp3) is 0.273. The van der Waals surface area contributed by atoms with Gasteiger partial charge >= 0.3 is 6.09 Å². The third-order valence-corrected chi connectivity index (χ3v) is 2.55. The number of nitriles is 1. The summed E-state index contributed by atoms with van der Waals surface area (Å²) >= 11 is 0. The van der Waals surface area contributed by atoms with Crippen LogP contribution >= 0.6 is 0 Å². The van der Waals surface area contributed by atoms with Gasteiger partial charge in [-0.1, -0.05) is 0 Å². The molecule has 1 amide bonds. The van der Waals surface area contributed by atoms with Crippen LogP contribution in [0.15, 0.2) is 18.2 Å². The van der Waals surface area contributed by atoms with Crippen molar-refractivity contribution in [2.75, 3.05) is 13.1 Å². The Balaban J connectivity index is 2.06. The lowest BCUT2D eigenvalue weighted by atomic mass is 10.2. The standard InChI is InChI=1S/C11H9N3O5/c12-7-8-4-9(14(16)17)6-10(5-8)18-19-11(15)13-2-1-3-13/h4-6H,1-3H2. The monoisotopic (exact) mass is 263 g/mol. The molecule has 1 fully saturated rings. The van der Waals surface area contributed by atoms with Crippen LogP contribution in [0.4, 0.5) is 10.5 Å². The van der Waals surface area contributed by atoms with E-state index in [0.717, 1.165) is 18.6 Å². The van der Waals surface area contributed by atoms with Gasteiger partial charge in [0.15, 0.2) is 5.75 Å². The van der Waals surface area contributed by atoms with Crippen LogP contribution < -0.4 is 4.89 Å². The molecule has 0 aromatic heterocycles. The van der Waals surface area contributed by atoms with E-state index in [9.17, 15) is 14.9 Å². The molecule has 0 radical (unpaired) electrons. The van der Waals surface area contributed by atoms with Crippen molar-refractivity contribution in [2.24, 2.45) is 0 Å². The number of amides is 1. The fourth-order valence-corrected chi connectivity index (χ4v) is 1.44. The van der Waals surface area contributed by atoms with E-state index >= 15 is 0 Å². The van der Waals surface area contributed by atoms with Gasteiger partial charge in [-0.3, -0.25) is 15.0 Å². The van der Waals surface area contributed by atoms with Crippen molar-refractivity contribution in [2.45, 2.75) is 6.42 Å². The molecule has 0 bridgehead atoms. The van der Waals surface area contributed by atoms with Crippen LogP contribution in [0.5, 0.6) is 5.75 Å². The van der Waals surface area contributed by atoms with E-state index in [1.807, 2.05) is 0 Å². The number of hydrogen-bond acceptors (Lipinski definition) is 6. The van der Waals surface area contributed by atoms with E-state index in [1.165, 1.54) is 11.0 Å². The van der Waals surface area contributed by atoms with Crippen molar-refractivity contribution in [3.05, 3.63) is 33.9 Å². The molecule has 19 heavy (non-hydrogen) atoms. The third-order valence-electron chi connectivity index (χ3n) is 2.55. The first-order chi connectivity index (χ1) is 9.10. The molecule has 98 valence electrons. The van der Waals surface area contributed by atoms with Crippen LogP contribution in [0.25, 0.3) is 0 Å². The third kappa shape index (κ3) is 2.90. The second-order valence-corrected chi connectivity index (χ2v) is 3.86. The molecule has 8 heteroatoms. The molecule has 0 atom stereocenters. The highest BCUT2D eigenvalue weighted by Gasteiger charge is 2.23. The minimum absolute atomic E-state index is 0.0456. The van der Waals surface area contributed by atoms with Crippen molar-refractivity contribution in [3.8, 4) is 11.8 Å². The lowest BCUT2D eigenvalue weighted by Crippen LogP contribution is -2.42. The molecule has 0 aliphatic carbocycles. The second kappa shape index (κ2) is 5.22. The van der Waals surface area contributed by atoms with Crippen molar-refractivity contribution < 1.29 is 19.5 Å². The number of benzene rings is 1. The summed E-state index contributed by atoms with van der Waals surface area (Å²) in [4.78, 5) is 32.0. The molecule has 0 N–H and O–H groups in total. The van der Waals surface area contributed by atoms with Crippen LogP contribution in [0.3, 0.4) is 0 Å². The molecule has 2 rings (SSSR count). The SMILES string of the molecule is N#Cc1cc(OOC(=O)N2CCC2)cc([N+](=O)[O-])c1. The van der Waals surface area contributed by atoms with Gasteiger partial charge in [0.2, 0.25) is 0 Å². The summed E-state index contributed by atoms with van der Waals surface area (Å²) < 4.78 is 0. The first-order valence-electron chi connectivity index (χ1n) is 5.43. The zero-order chi connectivity index (χ0) is 13.8. The summed E-state index contributed by atoms with van der Waals surface area (Å²) in [6, 6.07) is 5.18. The predicted molar refractivity (Wildman–Crippen MR) is 61.1 cm³/mol. The van der Waals surface area contributed by atoms with Crippen molar-refractivity contribution in [1.29, 1.82) is 5.26 Å². The summed E-state index contributed by atoms with van der Waals surface area (Å²) in [6.45, 7) is 1.20. The molecule has 1 heterocycles. The van der Waals surface area contributed by atoms with Gasteiger partial charge in [0.05, 0.1) is 22.6 Å². The highest BCUT2D eigenvalue weighted by atomic mass is 17.2. The topological polar surface area (TPSA) is 106 Å². The lowest BCUT2D eigenvalue weighted by molar-refractivity contribution is -0.385. The van der Waals surface area contributed by atoms with E-state index in [4.69, 9.17) is 10.1 Å². The summed E-state index contributed by atoms with van der Waals surface area (Å²) in [6.07, 6.45) is 0.251. The number of nitrogens with zero attached hydrogens (tertiary/aromatic N) is 3. The second-order valence-electron chi connectivity index (χ2n) is 3.86. The molecule has 1 saturated heterocycles. The maximum absolute atomic E-state index is 11.4. The number of carbonyl (C=O) groups excluding carboxylic acids is 1.